The van der Waals surface area contributed by atoms with Crippen LogP contribution in [0, 0.1) is 6.92 Å². The van der Waals surface area contributed by atoms with Crippen molar-refractivity contribution in [2.45, 2.75) is 16.4 Å². The van der Waals surface area contributed by atoms with Gasteiger partial charge in [-0.1, -0.05) is 29.8 Å². The van der Waals surface area contributed by atoms with Crippen LogP contribution in [0.15, 0.2) is 47.4 Å². The van der Waals surface area contributed by atoms with Gasteiger partial charge in [0.25, 0.3) is 0 Å². The molecule has 0 saturated carbocycles. The molecule has 7 nitrogen and oxygen atoms in total. The number of para-hydroxylation sites is 1. The average molecular weight is 414 g/mol. The lowest BCUT2D eigenvalue weighted by Gasteiger charge is -2.17. The van der Waals surface area contributed by atoms with E-state index in [4.69, 9.17) is 22.5 Å². The molecular weight excluding hydrogens is 398 g/mol. The standard InChI is InChI=1S/C16H16ClN3O4S2/c1-9-15(11-4-2-3-5-14(11)20-9)16(26(19,23)24)25(21,22)10-6-7-12(17)13(18)8-10/h2-8,16,20H,18H2,1H3,(H2,19,23,24). The number of anilines is 1. The van der Waals surface area contributed by atoms with Gasteiger partial charge in [0.1, 0.15) is 0 Å². The van der Waals surface area contributed by atoms with Gasteiger partial charge in [-0.2, -0.15) is 0 Å². The van der Waals surface area contributed by atoms with Crippen molar-refractivity contribution in [2.24, 2.45) is 5.14 Å². The van der Waals surface area contributed by atoms with Gasteiger partial charge in [0.15, 0.2) is 0 Å². The van der Waals surface area contributed by atoms with Crippen LogP contribution in [0.1, 0.15) is 15.8 Å². The monoisotopic (exact) mass is 413 g/mol. The zero-order valence-corrected chi connectivity index (χ0v) is 16.0. The van der Waals surface area contributed by atoms with E-state index in [0.717, 1.165) is 6.07 Å². The molecular formula is C16H16ClN3O4S2. The lowest BCUT2D eigenvalue weighted by molar-refractivity contribution is 0.577. The third-order valence-corrected chi connectivity index (χ3v) is 8.51. The number of sulfonamides is 1. The summed E-state index contributed by atoms with van der Waals surface area (Å²) in [6.07, 6.45) is 0. The van der Waals surface area contributed by atoms with Crippen molar-refractivity contribution in [3.63, 3.8) is 0 Å². The molecule has 0 aliphatic heterocycles. The number of primary sulfonamides is 1. The Kier molecular flexibility index (Phi) is 4.51. The highest BCUT2D eigenvalue weighted by molar-refractivity contribution is 8.07. The number of hydrogen-bond donors (Lipinski definition) is 3. The Balaban J connectivity index is 2.34. The Labute approximate surface area is 155 Å². The zero-order chi connectivity index (χ0) is 19.3. The number of H-pyrrole nitrogens is 1. The molecule has 1 atom stereocenters. The van der Waals surface area contributed by atoms with Crippen LogP contribution in [0.25, 0.3) is 10.9 Å². The van der Waals surface area contributed by atoms with Crippen molar-refractivity contribution >= 4 is 48.1 Å². The average Bonchev–Trinajstić information content (AvgIpc) is 2.85. The Hall–Kier alpha value is -2.07. The van der Waals surface area contributed by atoms with Crippen LogP contribution in [-0.4, -0.2) is 21.8 Å². The smallest absolute Gasteiger partial charge is 0.231 e. The SMILES string of the molecule is Cc1[nH]c2ccccc2c1C(S(N)(=O)=O)S(=O)(=O)c1ccc(Cl)c(N)c1. The van der Waals surface area contributed by atoms with Crippen LogP contribution in [0.4, 0.5) is 5.69 Å². The van der Waals surface area contributed by atoms with Gasteiger partial charge in [-0.3, -0.25) is 0 Å². The van der Waals surface area contributed by atoms with Gasteiger partial charge in [0, 0.05) is 22.2 Å². The number of nitrogen functional groups attached to an aromatic ring is 1. The predicted molar refractivity (Wildman–Crippen MR) is 102 cm³/mol. The largest absolute Gasteiger partial charge is 0.397 e. The number of aromatic nitrogens is 1. The molecule has 0 radical (unpaired) electrons. The third-order valence-electron chi connectivity index (χ3n) is 4.06. The highest BCUT2D eigenvalue weighted by Crippen LogP contribution is 2.39. The Morgan fingerprint density at radius 1 is 1.08 bits per heavy atom. The quantitative estimate of drug-likeness (QED) is 0.564. The summed E-state index contributed by atoms with van der Waals surface area (Å²) >= 11 is 5.84. The van der Waals surface area contributed by atoms with E-state index in [1.165, 1.54) is 12.1 Å². The first-order valence-corrected chi connectivity index (χ1v) is 10.9. The highest BCUT2D eigenvalue weighted by atomic mass is 35.5. The molecule has 1 heterocycles. The molecule has 10 heteroatoms. The number of sulfone groups is 1. The van der Waals surface area contributed by atoms with Gasteiger partial charge in [-0.25, -0.2) is 22.0 Å². The number of benzene rings is 2. The number of fused-ring (bicyclic) bond motifs is 1. The fourth-order valence-electron chi connectivity index (χ4n) is 2.92. The number of rotatable bonds is 4. The lowest BCUT2D eigenvalue weighted by atomic mass is 10.1. The van der Waals surface area contributed by atoms with Crippen LogP contribution in [-0.2, 0) is 19.9 Å². The van der Waals surface area contributed by atoms with Gasteiger partial charge in [-0.05, 0) is 31.2 Å². The molecule has 0 aliphatic carbocycles. The summed E-state index contributed by atoms with van der Waals surface area (Å²) in [6.45, 7) is 1.60. The summed E-state index contributed by atoms with van der Waals surface area (Å²) in [7, 11) is -8.92. The van der Waals surface area contributed by atoms with E-state index in [2.05, 4.69) is 4.98 Å². The van der Waals surface area contributed by atoms with Crippen LogP contribution < -0.4 is 10.9 Å². The third kappa shape index (κ3) is 3.07. The van der Waals surface area contributed by atoms with Crippen molar-refractivity contribution in [3.8, 4) is 0 Å². The molecule has 3 aromatic rings. The molecule has 26 heavy (non-hydrogen) atoms. The molecule has 5 N–H and O–H groups in total. The Morgan fingerprint density at radius 3 is 2.35 bits per heavy atom. The molecule has 138 valence electrons. The summed E-state index contributed by atoms with van der Waals surface area (Å²) in [4.78, 5) is 2.72. The fraction of sp³-hybridized carbons (Fsp3) is 0.125. The molecule has 0 aliphatic rings. The molecule has 0 fully saturated rings. The Bertz CT molecular complexity index is 1220. The number of aryl methyl sites for hydroxylation is 1. The number of hydrogen-bond acceptors (Lipinski definition) is 5. The summed E-state index contributed by atoms with van der Waals surface area (Å²) in [5.41, 5.74) is 6.81. The maximum Gasteiger partial charge on any atom is 0.231 e. The molecule has 0 spiro atoms. The van der Waals surface area contributed by atoms with Gasteiger partial charge in [0.2, 0.25) is 24.4 Å². The van der Waals surface area contributed by atoms with Gasteiger partial charge in [0.05, 0.1) is 15.6 Å². The van der Waals surface area contributed by atoms with E-state index < -0.39 is 24.4 Å². The minimum atomic E-state index is -4.51. The fourth-order valence-corrected chi connectivity index (χ4v) is 6.83. The number of halogens is 1. The second-order valence-electron chi connectivity index (χ2n) is 5.86. The van der Waals surface area contributed by atoms with E-state index in [0.29, 0.717) is 16.6 Å². The molecule has 0 saturated heterocycles. The van der Waals surface area contributed by atoms with E-state index in [1.54, 1.807) is 31.2 Å². The van der Waals surface area contributed by atoms with Crippen LogP contribution in [0.5, 0.6) is 0 Å². The minimum absolute atomic E-state index is 0.0246. The molecule has 1 aromatic heterocycles. The zero-order valence-electron chi connectivity index (χ0n) is 13.6. The highest BCUT2D eigenvalue weighted by Gasteiger charge is 2.41. The second kappa shape index (κ2) is 6.27. The maximum absolute atomic E-state index is 13.2. The first-order chi connectivity index (χ1) is 12.0. The predicted octanol–water partition coefficient (Wildman–Crippen LogP) is 2.47. The number of nitrogens with one attached hydrogen (secondary N) is 1. The van der Waals surface area contributed by atoms with E-state index >= 15 is 0 Å². The second-order valence-corrected chi connectivity index (χ2v) is 10.2. The molecule has 0 amide bonds. The normalized spacial score (nSPS) is 13.8. The molecule has 1 unspecified atom stereocenters. The van der Waals surface area contributed by atoms with Gasteiger partial charge < -0.3 is 10.7 Å². The van der Waals surface area contributed by atoms with E-state index in [-0.39, 0.29) is 21.2 Å². The maximum atomic E-state index is 13.2. The molecule has 0 bridgehead atoms. The molecule has 3 rings (SSSR count). The Morgan fingerprint density at radius 2 is 1.73 bits per heavy atom. The van der Waals surface area contributed by atoms with Gasteiger partial charge >= 0.3 is 0 Å². The van der Waals surface area contributed by atoms with Crippen molar-refractivity contribution in [3.05, 3.63) is 58.7 Å². The summed E-state index contributed by atoms with van der Waals surface area (Å²) in [5.74, 6) is 0. The first kappa shape index (κ1) is 18.7. The van der Waals surface area contributed by atoms with Gasteiger partial charge in [-0.15, -0.1) is 0 Å². The number of nitrogens with two attached hydrogens (primary N) is 2. The van der Waals surface area contributed by atoms with E-state index in [9.17, 15) is 16.8 Å². The van der Waals surface area contributed by atoms with Crippen LogP contribution in [0.2, 0.25) is 5.02 Å². The van der Waals surface area contributed by atoms with Crippen molar-refractivity contribution in [2.75, 3.05) is 5.73 Å². The first-order valence-electron chi connectivity index (χ1n) is 7.41. The summed E-state index contributed by atoms with van der Waals surface area (Å²) < 4.78 is 49.0. The van der Waals surface area contributed by atoms with Crippen molar-refractivity contribution < 1.29 is 16.8 Å². The minimum Gasteiger partial charge on any atom is -0.397 e. The van der Waals surface area contributed by atoms with Crippen LogP contribution in [0.3, 0.4) is 0 Å². The molecule has 2 aromatic carbocycles. The topological polar surface area (TPSA) is 136 Å². The van der Waals surface area contributed by atoms with E-state index in [1.807, 2.05) is 0 Å². The van der Waals surface area contributed by atoms with Crippen molar-refractivity contribution in [1.29, 1.82) is 0 Å². The van der Waals surface area contributed by atoms with Crippen LogP contribution >= 0.6 is 11.6 Å². The summed E-state index contributed by atoms with van der Waals surface area (Å²) in [6, 6.07) is 10.4. The number of aromatic amines is 1. The lowest BCUT2D eigenvalue weighted by Crippen LogP contribution is -2.29. The summed E-state index contributed by atoms with van der Waals surface area (Å²) in [5, 5.41) is 5.98. The van der Waals surface area contributed by atoms with Crippen molar-refractivity contribution in [1.82, 2.24) is 4.98 Å².